The van der Waals surface area contributed by atoms with E-state index in [1.165, 1.54) is 32.1 Å². The van der Waals surface area contributed by atoms with E-state index in [0.29, 0.717) is 6.04 Å². The highest BCUT2D eigenvalue weighted by molar-refractivity contribution is 5.23. The van der Waals surface area contributed by atoms with Gasteiger partial charge in [0.25, 0.3) is 0 Å². The molecule has 0 saturated heterocycles. The Balaban J connectivity index is 1.57. The number of hydrogen-bond donors (Lipinski definition) is 1. The molecule has 0 spiro atoms. The van der Waals surface area contributed by atoms with Gasteiger partial charge >= 0.3 is 0 Å². The fourth-order valence-electron chi connectivity index (χ4n) is 1.99. The minimum Gasteiger partial charge on any atom is -0.477 e. The Hall–Kier alpha value is -1.16. The number of hydrogen-bond acceptors (Lipinski definition) is 4. The molecule has 0 atom stereocenters. The van der Waals surface area contributed by atoms with Crippen molar-refractivity contribution in [2.75, 3.05) is 6.61 Å². The first-order chi connectivity index (χ1) is 8.81. The zero-order valence-electron chi connectivity index (χ0n) is 11.0. The van der Waals surface area contributed by atoms with Crippen molar-refractivity contribution in [1.82, 2.24) is 15.3 Å². The van der Waals surface area contributed by atoms with Gasteiger partial charge in [0.05, 0.1) is 6.61 Å². The van der Waals surface area contributed by atoms with Gasteiger partial charge in [0, 0.05) is 24.3 Å². The van der Waals surface area contributed by atoms with E-state index in [-0.39, 0.29) is 0 Å². The Morgan fingerprint density at radius 2 is 2.17 bits per heavy atom. The summed E-state index contributed by atoms with van der Waals surface area (Å²) in [5.74, 6) is 2.46. The summed E-state index contributed by atoms with van der Waals surface area (Å²) >= 11 is 0. The summed E-state index contributed by atoms with van der Waals surface area (Å²) in [7, 11) is 0. The molecule has 0 bridgehead atoms. The van der Waals surface area contributed by atoms with Gasteiger partial charge in [-0.05, 0) is 32.1 Å². The van der Waals surface area contributed by atoms with Crippen LogP contribution in [-0.2, 0) is 6.54 Å². The number of aryl methyl sites for hydroxylation is 1. The van der Waals surface area contributed by atoms with Crippen molar-refractivity contribution in [3.05, 3.63) is 17.6 Å². The normalized spacial score (nSPS) is 18.9. The Morgan fingerprint density at radius 3 is 2.89 bits per heavy atom. The summed E-state index contributed by atoms with van der Waals surface area (Å²) in [6.07, 6.45) is 8.41. The first kappa shape index (κ1) is 11.9. The Morgan fingerprint density at radius 1 is 1.33 bits per heavy atom. The van der Waals surface area contributed by atoms with Crippen molar-refractivity contribution in [3.63, 3.8) is 0 Å². The summed E-state index contributed by atoms with van der Waals surface area (Å²) in [6.45, 7) is 3.52. The number of ether oxygens (including phenoxy) is 1. The van der Waals surface area contributed by atoms with Crippen LogP contribution >= 0.6 is 0 Å². The summed E-state index contributed by atoms with van der Waals surface area (Å²) < 4.78 is 5.83. The smallest absolute Gasteiger partial charge is 0.221 e. The fourth-order valence-corrected chi connectivity index (χ4v) is 1.99. The van der Waals surface area contributed by atoms with E-state index >= 15 is 0 Å². The second-order valence-corrected chi connectivity index (χ2v) is 5.48. The Bertz CT molecular complexity index is 414. The average molecular weight is 247 g/mol. The van der Waals surface area contributed by atoms with E-state index in [2.05, 4.69) is 15.3 Å². The van der Waals surface area contributed by atoms with E-state index < -0.39 is 0 Å². The van der Waals surface area contributed by atoms with E-state index in [1.807, 2.05) is 13.1 Å². The molecule has 1 heterocycles. The van der Waals surface area contributed by atoms with Crippen molar-refractivity contribution in [1.29, 1.82) is 0 Å². The first-order valence-corrected chi connectivity index (χ1v) is 7.00. The highest BCUT2D eigenvalue weighted by Crippen LogP contribution is 2.32. The van der Waals surface area contributed by atoms with Crippen molar-refractivity contribution in [2.24, 2.45) is 5.92 Å². The monoisotopic (exact) mass is 247 g/mol. The van der Waals surface area contributed by atoms with Crippen molar-refractivity contribution < 1.29 is 4.74 Å². The third-order valence-electron chi connectivity index (χ3n) is 3.57. The third-order valence-corrected chi connectivity index (χ3v) is 3.57. The van der Waals surface area contributed by atoms with Crippen molar-refractivity contribution in [3.8, 4) is 5.88 Å². The molecule has 3 rings (SSSR count). The second-order valence-electron chi connectivity index (χ2n) is 5.48. The number of rotatable bonds is 7. The predicted octanol–water partition coefficient (Wildman–Crippen LogP) is 2.22. The molecule has 2 saturated carbocycles. The van der Waals surface area contributed by atoms with Crippen LogP contribution in [0.25, 0.3) is 0 Å². The van der Waals surface area contributed by atoms with Gasteiger partial charge in [-0.2, -0.15) is 4.98 Å². The average Bonchev–Trinajstić information content (AvgIpc) is 3.23. The number of aromatic nitrogens is 2. The SMILES string of the molecule is Cc1ncc(CNC2CC2)c(OCCC2CC2)n1. The lowest BCUT2D eigenvalue weighted by atomic mass is 10.3. The molecule has 4 nitrogen and oxygen atoms in total. The van der Waals surface area contributed by atoms with Gasteiger partial charge in [0.1, 0.15) is 5.82 Å². The predicted molar refractivity (Wildman–Crippen MR) is 69.5 cm³/mol. The Kier molecular flexibility index (Phi) is 3.46. The van der Waals surface area contributed by atoms with E-state index in [9.17, 15) is 0 Å². The van der Waals surface area contributed by atoms with Crippen LogP contribution in [0.3, 0.4) is 0 Å². The number of nitrogens with zero attached hydrogens (tertiary/aromatic N) is 2. The minimum atomic E-state index is 0.700. The lowest BCUT2D eigenvalue weighted by molar-refractivity contribution is 0.286. The molecule has 2 aliphatic carbocycles. The van der Waals surface area contributed by atoms with Crippen LogP contribution < -0.4 is 10.1 Å². The molecule has 0 unspecified atom stereocenters. The van der Waals surface area contributed by atoms with Crippen LogP contribution in [0.15, 0.2) is 6.20 Å². The van der Waals surface area contributed by atoms with Crippen LogP contribution in [0.2, 0.25) is 0 Å². The Labute approximate surface area is 108 Å². The van der Waals surface area contributed by atoms with Gasteiger partial charge in [-0.25, -0.2) is 4.98 Å². The van der Waals surface area contributed by atoms with Gasteiger partial charge in [-0.3, -0.25) is 0 Å². The van der Waals surface area contributed by atoms with Gasteiger partial charge in [0.2, 0.25) is 5.88 Å². The molecule has 0 radical (unpaired) electrons. The van der Waals surface area contributed by atoms with Crippen LogP contribution in [0.5, 0.6) is 5.88 Å². The van der Waals surface area contributed by atoms with E-state index in [1.54, 1.807) is 0 Å². The molecule has 1 aromatic heterocycles. The third kappa shape index (κ3) is 3.42. The van der Waals surface area contributed by atoms with Gasteiger partial charge in [0.15, 0.2) is 0 Å². The maximum atomic E-state index is 5.83. The zero-order valence-corrected chi connectivity index (χ0v) is 11.0. The van der Waals surface area contributed by atoms with Crippen molar-refractivity contribution in [2.45, 2.75) is 51.6 Å². The van der Waals surface area contributed by atoms with E-state index in [4.69, 9.17) is 4.74 Å². The zero-order chi connectivity index (χ0) is 12.4. The lowest BCUT2D eigenvalue weighted by Crippen LogP contribution is -2.17. The molecule has 0 amide bonds. The summed E-state index contributed by atoms with van der Waals surface area (Å²) in [5, 5.41) is 3.48. The second kappa shape index (κ2) is 5.22. The molecular formula is C14H21N3O. The van der Waals surface area contributed by atoms with Crippen LogP contribution in [0, 0.1) is 12.8 Å². The lowest BCUT2D eigenvalue weighted by Gasteiger charge is -2.11. The largest absolute Gasteiger partial charge is 0.477 e. The van der Waals surface area contributed by atoms with Gasteiger partial charge in [-0.1, -0.05) is 12.8 Å². The summed E-state index contributed by atoms with van der Waals surface area (Å²) in [6, 6.07) is 0.700. The quantitative estimate of drug-likeness (QED) is 0.802. The van der Waals surface area contributed by atoms with Crippen LogP contribution in [0.1, 0.15) is 43.5 Å². The topological polar surface area (TPSA) is 47.0 Å². The molecule has 18 heavy (non-hydrogen) atoms. The molecule has 2 fully saturated rings. The maximum Gasteiger partial charge on any atom is 0.221 e. The molecular weight excluding hydrogens is 226 g/mol. The molecule has 0 aromatic carbocycles. The van der Waals surface area contributed by atoms with Crippen LogP contribution in [0.4, 0.5) is 0 Å². The fraction of sp³-hybridized carbons (Fsp3) is 0.714. The molecule has 1 N–H and O–H groups in total. The first-order valence-electron chi connectivity index (χ1n) is 7.00. The standard InChI is InChI=1S/C14H21N3O/c1-10-15-8-12(9-16-13-4-5-13)14(17-10)18-7-6-11-2-3-11/h8,11,13,16H,2-7,9H2,1H3. The van der Waals surface area contributed by atoms with Crippen molar-refractivity contribution >= 4 is 0 Å². The molecule has 2 aliphatic rings. The van der Waals surface area contributed by atoms with Gasteiger partial charge < -0.3 is 10.1 Å². The highest BCUT2D eigenvalue weighted by atomic mass is 16.5. The molecule has 0 aliphatic heterocycles. The summed E-state index contributed by atoms with van der Waals surface area (Å²) in [5.41, 5.74) is 1.09. The molecule has 4 heteroatoms. The maximum absolute atomic E-state index is 5.83. The minimum absolute atomic E-state index is 0.700. The van der Waals surface area contributed by atoms with Gasteiger partial charge in [-0.15, -0.1) is 0 Å². The number of nitrogens with one attached hydrogen (secondary N) is 1. The highest BCUT2D eigenvalue weighted by Gasteiger charge is 2.22. The van der Waals surface area contributed by atoms with E-state index in [0.717, 1.165) is 36.3 Å². The summed E-state index contributed by atoms with van der Waals surface area (Å²) in [4.78, 5) is 8.68. The molecule has 1 aromatic rings. The van der Waals surface area contributed by atoms with Crippen LogP contribution in [-0.4, -0.2) is 22.6 Å². The molecule has 98 valence electrons.